The van der Waals surface area contributed by atoms with Crippen LogP contribution in [-0.2, 0) is 4.79 Å². The number of nitrogens with two attached hydrogens (primary N) is 1. The summed E-state index contributed by atoms with van der Waals surface area (Å²) in [4.78, 5) is 16.2. The topological polar surface area (TPSA) is 61.6 Å². The van der Waals surface area contributed by atoms with Crippen LogP contribution in [0.1, 0.15) is 26.7 Å². The second-order valence-corrected chi connectivity index (χ2v) is 5.24. The average Bonchev–Trinajstić information content (AvgIpc) is 2.36. The number of nitrogens with zero attached hydrogens (tertiary/aromatic N) is 2. The minimum atomic E-state index is -0.0859. The lowest BCUT2D eigenvalue weighted by molar-refractivity contribution is -0.126. The van der Waals surface area contributed by atoms with E-state index in [4.69, 9.17) is 5.84 Å². The highest BCUT2D eigenvalue weighted by molar-refractivity contribution is 5.78. The second-order valence-electron chi connectivity index (χ2n) is 5.24. The SMILES string of the molecule is CC(C(=O)NN)C(C)N(C)C1CCN(C)CC1. The van der Waals surface area contributed by atoms with Crippen LogP contribution in [0.15, 0.2) is 0 Å². The lowest BCUT2D eigenvalue weighted by Gasteiger charge is -2.39. The lowest BCUT2D eigenvalue weighted by atomic mass is 9.96. The smallest absolute Gasteiger partial charge is 0.238 e. The Morgan fingerprint density at radius 3 is 2.41 bits per heavy atom. The fourth-order valence-electron chi connectivity index (χ4n) is 2.44. The Balaban J connectivity index is 2.51. The van der Waals surface area contributed by atoms with Gasteiger partial charge in [-0.2, -0.15) is 0 Å². The van der Waals surface area contributed by atoms with Crippen molar-refractivity contribution in [3.8, 4) is 0 Å². The van der Waals surface area contributed by atoms with E-state index < -0.39 is 0 Å². The molecule has 0 aromatic heterocycles. The number of carbonyl (C=O) groups excluding carboxylic acids is 1. The first-order valence-corrected chi connectivity index (χ1v) is 6.38. The van der Waals surface area contributed by atoms with Gasteiger partial charge < -0.3 is 4.90 Å². The zero-order valence-electron chi connectivity index (χ0n) is 11.4. The number of nitrogens with one attached hydrogen (secondary N) is 1. The van der Waals surface area contributed by atoms with Gasteiger partial charge in [-0.3, -0.25) is 15.1 Å². The van der Waals surface area contributed by atoms with Gasteiger partial charge in [-0.15, -0.1) is 0 Å². The van der Waals surface area contributed by atoms with Crippen LogP contribution in [0.3, 0.4) is 0 Å². The maximum absolute atomic E-state index is 11.5. The first-order chi connectivity index (χ1) is 7.97. The Bertz CT molecular complexity index is 251. The van der Waals surface area contributed by atoms with Gasteiger partial charge in [0.1, 0.15) is 0 Å². The average molecular weight is 242 g/mol. The molecule has 0 aromatic rings. The predicted molar refractivity (Wildman–Crippen MR) is 69.2 cm³/mol. The molecule has 0 spiro atoms. The molecule has 0 radical (unpaired) electrons. The first-order valence-electron chi connectivity index (χ1n) is 6.38. The van der Waals surface area contributed by atoms with Crippen molar-refractivity contribution < 1.29 is 4.79 Å². The van der Waals surface area contributed by atoms with Crippen molar-refractivity contribution in [1.29, 1.82) is 0 Å². The van der Waals surface area contributed by atoms with Crippen LogP contribution >= 0.6 is 0 Å². The molecule has 100 valence electrons. The van der Waals surface area contributed by atoms with E-state index in [-0.39, 0.29) is 17.9 Å². The van der Waals surface area contributed by atoms with Crippen LogP contribution in [0.25, 0.3) is 0 Å². The van der Waals surface area contributed by atoms with E-state index in [1.165, 1.54) is 12.8 Å². The molecule has 17 heavy (non-hydrogen) atoms. The summed E-state index contributed by atoms with van der Waals surface area (Å²) in [5, 5.41) is 0. The molecule has 3 N–H and O–H groups in total. The van der Waals surface area contributed by atoms with Gasteiger partial charge in [0, 0.05) is 12.1 Å². The summed E-state index contributed by atoms with van der Waals surface area (Å²) >= 11 is 0. The molecule has 0 bridgehead atoms. The quantitative estimate of drug-likeness (QED) is 0.415. The number of likely N-dealkylation sites (tertiary alicyclic amines) is 1. The Hall–Kier alpha value is -0.650. The number of piperidine rings is 1. The molecule has 1 aliphatic rings. The van der Waals surface area contributed by atoms with Gasteiger partial charge in [-0.05, 0) is 47.0 Å². The summed E-state index contributed by atoms with van der Waals surface area (Å²) in [6.45, 7) is 6.30. The third-order valence-corrected chi connectivity index (χ3v) is 4.19. The highest BCUT2D eigenvalue weighted by Gasteiger charge is 2.29. The van der Waals surface area contributed by atoms with E-state index in [2.05, 4.69) is 36.2 Å². The van der Waals surface area contributed by atoms with Gasteiger partial charge in [0.2, 0.25) is 5.91 Å². The van der Waals surface area contributed by atoms with Gasteiger partial charge in [0.05, 0.1) is 5.92 Å². The van der Waals surface area contributed by atoms with Crippen molar-refractivity contribution in [2.45, 2.75) is 38.8 Å². The molecule has 1 rings (SSSR count). The van der Waals surface area contributed by atoms with E-state index in [1.807, 2.05) is 6.92 Å². The Morgan fingerprint density at radius 1 is 1.41 bits per heavy atom. The zero-order chi connectivity index (χ0) is 13.0. The summed E-state index contributed by atoms with van der Waals surface area (Å²) < 4.78 is 0. The molecular formula is C12H26N4O. The highest BCUT2D eigenvalue weighted by Crippen LogP contribution is 2.19. The highest BCUT2D eigenvalue weighted by atomic mass is 16.2. The van der Waals surface area contributed by atoms with E-state index in [0.717, 1.165) is 13.1 Å². The Morgan fingerprint density at radius 2 is 1.94 bits per heavy atom. The Labute approximate surface area is 104 Å². The van der Waals surface area contributed by atoms with Crippen LogP contribution in [-0.4, -0.2) is 55.0 Å². The maximum Gasteiger partial charge on any atom is 0.238 e. The van der Waals surface area contributed by atoms with E-state index in [9.17, 15) is 4.79 Å². The van der Waals surface area contributed by atoms with Crippen molar-refractivity contribution in [3.05, 3.63) is 0 Å². The van der Waals surface area contributed by atoms with Crippen molar-refractivity contribution in [2.24, 2.45) is 11.8 Å². The van der Waals surface area contributed by atoms with Gasteiger partial charge in [-0.25, -0.2) is 5.84 Å². The first kappa shape index (κ1) is 14.4. The van der Waals surface area contributed by atoms with Crippen molar-refractivity contribution in [1.82, 2.24) is 15.2 Å². The second kappa shape index (κ2) is 6.33. The number of amides is 1. The summed E-state index contributed by atoms with van der Waals surface area (Å²) in [5.74, 6) is 5.02. The molecule has 1 heterocycles. The number of hydrogen-bond donors (Lipinski definition) is 2. The van der Waals surface area contributed by atoms with Crippen LogP contribution < -0.4 is 11.3 Å². The fraction of sp³-hybridized carbons (Fsp3) is 0.917. The largest absolute Gasteiger partial charge is 0.306 e. The molecule has 1 saturated heterocycles. The van der Waals surface area contributed by atoms with Crippen LogP contribution in [0, 0.1) is 5.92 Å². The molecule has 2 unspecified atom stereocenters. The zero-order valence-corrected chi connectivity index (χ0v) is 11.4. The minimum Gasteiger partial charge on any atom is -0.306 e. The molecule has 1 aliphatic heterocycles. The summed E-state index contributed by atoms with van der Waals surface area (Å²) in [6.07, 6.45) is 2.35. The summed E-state index contributed by atoms with van der Waals surface area (Å²) in [6, 6.07) is 0.793. The van der Waals surface area contributed by atoms with Gasteiger partial charge >= 0.3 is 0 Å². The normalized spacial score (nSPS) is 22.5. The number of hydrazine groups is 1. The van der Waals surface area contributed by atoms with Crippen LogP contribution in [0.2, 0.25) is 0 Å². The maximum atomic E-state index is 11.5. The number of hydrogen-bond acceptors (Lipinski definition) is 4. The molecular weight excluding hydrogens is 216 g/mol. The molecule has 0 aromatic carbocycles. The fourth-order valence-corrected chi connectivity index (χ4v) is 2.44. The van der Waals surface area contributed by atoms with Crippen LogP contribution in [0.5, 0.6) is 0 Å². The predicted octanol–water partition coefficient (Wildman–Crippen LogP) is 0.0269. The van der Waals surface area contributed by atoms with Gasteiger partial charge in [0.25, 0.3) is 0 Å². The summed E-state index contributed by atoms with van der Waals surface area (Å²) in [5.41, 5.74) is 2.24. The third-order valence-electron chi connectivity index (χ3n) is 4.19. The molecule has 1 amide bonds. The van der Waals surface area contributed by atoms with E-state index in [0.29, 0.717) is 6.04 Å². The molecule has 1 fully saturated rings. The Kier molecular flexibility index (Phi) is 5.36. The van der Waals surface area contributed by atoms with Crippen molar-refractivity contribution >= 4 is 5.91 Å². The van der Waals surface area contributed by atoms with Crippen molar-refractivity contribution in [2.75, 3.05) is 27.2 Å². The lowest BCUT2D eigenvalue weighted by Crippen LogP contribution is -2.50. The third kappa shape index (κ3) is 3.66. The van der Waals surface area contributed by atoms with Crippen LogP contribution in [0.4, 0.5) is 0 Å². The van der Waals surface area contributed by atoms with E-state index >= 15 is 0 Å². The van der Waals surface area contributed by atoms with E-state index in [1.54, 1.807) is 0 Å². The number of carbonyl (C=O) groups is 1. The molecule has 0 saturated carbocycles. The minimum absolute atomic E-state index is 0.0790. The molecule has 0 aliphatic carbocycles. The van der Waals surface area contributed by atoms with Gasteiger partial charge in [0.15, 0.2) is 0 Å². The molecule has 5 heteroatoms. The standard InChI is InChI=1S/C12H26N4O/c1-9(12(17)14-13)10(2)16(4)11-5-7-15(3)8-6-11/h9-11H,5-8,13H2,1-4H3,(H,14,17). The van der Waals surface area contributed by atoms with Gasteiger partial charge in [-0.1, -0.05) is 6.92 Å². The molecule has 5 nitrogen and oxygen atoms in total. The molecule has 2 atom stereocenters. The monoisotopic (exact) mass is 242 g/mol. The summed E-state index contributed by atoms with van der Waals surface area (Å²) in [7, 11) is 4.27. The number of rotatable bonds is 4. The van der Waals surface area contributed by atoms with Crippen molar-refractivity contribution in [3.63, 3.8) is 0 Å².